The number of aryl methyl sites for hydroxylation is 1. The Bertz CT molecular complexity index is 689. The van der Waals surface area contributed by atoms with Crippen LogP contribution in [0.25, 0.3) is 5.69 Å². The first-order chi connectivity index (χ1) is 11.5. The normalized spacial score (nSPS) is 17.6. The molecule has 2 aromatic rings. The third-order valence-electron chi connectivity index (χ3n) is 4.62. The molecule has 1 amide bonds. The molecular formula is C18H25N5O. The van der Waals surface area contributed by atoms with E-state index in [1.165, 1.54) is 0 Å². The fourth-order valence-corrected chi connectivity index (χ4v) is 2.89. The van der Waals surface area contributed by atoms with Gasteiger partial charge in [-0.05, 0) is 33.0 Å². The Morgan fingerprint density at radius 1 is 1.17 bits per heavy atom. The zero-order valence-electron chi connectivity index (χ0n) is 14.6. The number of anilines is 1. The minimum atomic E-state index is -0.153. The standard InChI is InChI=1S/C18H25N5O/c1-14-13-23(16-7-5-4-6-8-16)20-17(14)19-18(24)15(2)22-11-9-21(3)10-12-22/h4-8,13,15H,9-12H2,1-3H3,(H,19,20,24)/t15-/m1/s1. The van der Waals surface area contributed by atoms with Crippen molar-refractivity contribution in [3.63, 3.8) is 0 Å². The molecule has 1 aromatic heterocycles. The van der Waals surface area contributed by atoms with Gasteiger partial charge in [-0.15, -0.1) is 5.10 Å². The van der Waals surface area contributed by atoms with Gasteiger partial charge < -0.3 is 10.2 Å². The number of piperazine rings is 1. The number of rotatable bonds is 4. The first-order valence-electron chi connectivity index (χ1n) is 8.40. The molecule has 1 saturated heterocycles. The summed E-state index contributed by atoms with van der Waals surface area (Å²) >= 11 is 0. The number of aromatic nitrogens is 2. The third kappa shape index (κ3) is 3.66. The number of hydrogen-bond donors (Lipinski definition) is 1. The molecule has 6 heteroatoms. The van der Waals surface area contributed by atoms with Crippen molar-refractivity contribution in [2.24, 2.45) is 0 Å². The van der Waals surface area contributed by atoms with Crippen molar-refractivity contribution in [3.8, 4) is 5.69 Å². The largest absolute Gasteiger partial charge is 0.308 e. The smallest absolute Gasteiger partial charge is 0.242 e. The number of carbonyl (C=O) groups is 1. The molecule has 1 fully saturated rings. The minimum Gasteiger partial charge on any atom is -0.308 e. The van der Waals surface area contributed by atoms with Crippen LogP contribution in [0.4, 0.5) is 5.82 Å². The van der Waals surface area contributed by atoms with Gasteiger partial charge >= 0.3 is 0 Å². The van der Waals surface area contributed by atoms with E-state index in [1.807, 2.05) is 50.4 Å². The zero-order chi connectivity index (χ0) is 17.1. The lowest BCUT2D eigenvalue weighted by Gasteiger charge is -2.35. The van der Waals surface area contributed by atoms with Crippen LogP contribution in [0.2, 0.25) is 0 Å². The van der Waals surface area contributed by atoms with E-state index in [0.717, 1.165) is 37.4 Å². The van der Waals surface area contributed by atoms with Gasteiger partial charge in [-0.1, -0.05) is 18.2 Å². The number of benzene rings is 1. The molecule has 2 heterocycles. The van der Waals surface area contributed by atoms with Crippen molar-refractivity contribution in [3.05, 3.63) is 42.1 Å². The van der Waals surface area contributed by atoms with E-state index in [9.17, 15) is 4.79 Å². The molecule has 24 heavy (non-hydrogen) atoms. The summed E-state index contributed by atoms with van der Waals surface area (Å²) in [5, 5.41) is 7.50. The summed E-state index contributed by atoms with van der Waals surface area (Å²) in [5.74, 6) is 0.630. The minimum absolute atomic E-state index is 0.000893. The van der Waals surface area contributed by atoms with Crippen LogP contribution in [0, 0.1) is 6.92 Å². The Balaban J connectivity index is 1.67. The summed E-state index contributed by atoms with van der Waals surface area (Å²) in [6, 6.07) is 9.75. The van der Waals surface area contributed by atoms with Gasteiger partial charge in [0, 0.05) is 37.9 Å². The zero-order valence-corrected chi connectivity index (χ0v) is 14.6. The van der Waals surface area contributed by atoms with E-state index in [2.05, 4.69) is 27.3 Å². The van der Waals surface area contributed by atoms with Crippen LogP contribution < -0.4 is 5.32 Å². The highest BCUT2D eigenvalue weighted by Crippen LogP contribution is 2.16. The highest BCUT2D eigenvalue weighted by molar-refractivity contribution is 5.94. The van der Waals surface area contributed by atoms with Gasteiger partial charge in [-0.3, -0.25) is 9.69 Å². The van der Waals surface area contributed by atoms with Crippen molar-refractivity contribution in [2.45, 2.75) is 19.9 Å². The highest BCUT2D eigenvalue weighted by atomic mass is 16.2. The molecule has 1 aliphatic rings. The molecule has 6 nitrogen and oxygen atoms in total. The second kappa shape index (κ2) is 7.15. The second-order valence-electron chi connectivity index (χ2n) is 6.45. The lowest BCUT2D eigenvalue weighted by Crippen LogP contribution is -2.51. The Morgan fingerprint density at radius 2 is 1.83 bits per heavy atom. The van der Waals surface area contributed by atoms with Crippen molar-refractivity contribution >= 4 is 11.7 Å². The van der Waals surface area contributed by atoms with Crippen LogP contribution in [0.5, 0.6) is 0 Å². The monoisotopic (exact) mass is 327 g/mol. The molecular weight excluding hydrogens is 302 g/mol. The predicted molar refractivity (Wildman–Crippen MR) is 95.5 cm³/mol. The lowest BCUT2D eigenvalue weighted by atomic mass is 10.2. The molecule has 0 saturated carbocycles. The maximum atomic E-state index is 12.6. The quantitative estimate of drug-likeness (QED) is 0.930. The van der Waals surface area contributed by atoms with Gasteiger partial charge in [0.15, 0.2) is 5.82 Å². The Kier molecular flexibility index (Phi) is 4.97. The first kappa shape index (κ1) is 16.7. The van der Waals surface area contributed by atoms with Gasteiger partial charge in [0.1, 0.15) is 0 Å². The van der Waals surface area contributed by atoms with Gasteiger partial charge in [-0.25, -0.2) is 4.68 Å². The molecule has 0 unspecified atom stereocenters. The molecule has 0 aliphatic carbocycles. The van der Waals surface area contributed by atoms with E-state index in [-0.39, 0.29) is 11.9 Å². The molecule has 0 spiro atoms. The summed E-state index contributed by atoms with van der Waals surface area (Å²) in [5.41, 5.74) is 1.94. The molecule has 3 rings (SSSR count). The Labute approximate surface area is 143 Å². The number of para-hydroxylation sites is 1. The fraction of sp³-hybridized carbons (Fsp3) is 0.444. The van der Waals surface area contributed by atoms with Crippen LogP contribution in [0.1, 0.15) is 12.5 Å². The molecule has 1 atom stereocenters. The summed E-state index contributed by atoms with van der Waals surface area (Å²) in [7, 11) is 2.11. The number of likely N-dealkylation sites (N-methyl/N-ethyl adjacent to an activating group) is 1. The Morgan fingerprint density at radius 3 is 2.50 bits per heavy atom. The van der Waals surface area contributed by atoms with Crippen LogP contribution in [-0.2, 0) is 4.79 Å². The average Bonchev–Trinajstić information content (AvgIpc) is 2.96. The first-order valence-corrected chi connectivity index (χ1v) is 8.40. The van der Waals surface area contributed by atoms with Gasteiger partial charge in [0.25, 0.3) is 0 Å². The van der Waals surface area contributed by atoms with E-state index < -0.39 is 0 Å². The summed E-state index contributed by atoms with van der Waals surface area (Å²) < 4.78 is 1.80. The number of amides is 1. The molecule has 1 aromatic carbocycles. The summed E-state index contributed by atoms with van der Waals surface area (Å²) in [6.45, 7) is 7.76. The van der Waals surface area contributed by atoms with E-state index in [1.54, 1.807) is 4.68 Å². The lowest BCUT2D eigenvalue weighted by molar-refractivity contribution is -0.121. The average molecular weight is 327 g/mol. The summed E-state index contributed by atoms with van der Waals surface area (Å²) in [4.78, 5) is 17.1. The SMILES string of the molecule is Cc1cn(-c2ccccc2)nc1NC(=O)[C@@H](C)N1CCN(C)CC1. The van der Waals surface area contributed by atoms with Gasteiger partial charge in [-0.2, -0.15) is 0 Å². The second-order valence-corrected chi connectivity index (χ2v) is 6.45. The van der Waals surface area contributed by atoms with Crippen LogP contribution in [0.15, 0.2) is 36.5 Å². The predicted octanol–water partition coefficient (Wildman–Crippen LogP) is 1.76. The van der Waals surface area contributed by atoms with Crippen LogP contribution in [0.3, 0.4) is 0 Å². The number of nitrogens with zero attached hydrogens (tertiary/aromatic N) is 4. The van der Waals surface area contributed by atoms with Crippen molar-refractivity contribution < 1.29 is 4.79 Å². The van der Waals surface area contributed by atoms with Crippen LogP contribution >= 0.6 is 0 Å². The topological polar surface area (TPSA) is 53.4 Å². The van der Waals surface area contributed by atoms with Crippen LogP contribution in [-0.4, -0.2) is 64.8 Å². The number of hydrogen-bond acceptors (Lipinski definition) is 4. The number of carbonyl (C=O) groups excluding carboxylic acids is 1. The van der Waals surface area contributed by atoms with Gasteiger partial charge in [0.2, 0.25) is 5.91 Å². The molecule has 0 bridgehead atoms. The molecule has 128 valence electrons. The maximum Gasteiger partial charge on any atom is 0.242 e. The maximum absolute atomic E-state index is 12.6. The highest BCUT2D eigenvalue weighted by Gasteiger charge is 2.25. The molecule has 1 aliphatic heterocycles. The van der Waals surface area contributed by atoms with Gasteiger partial charge in [0.05, 0.1) is 11.7 Å². The van der Waals surface area contributed by atoms with E-state index >= 15 is 0 Å². The number of nitrogens with one attached hydrogen (secondary N) is 1. The van der Waals surface area contributed by atoms with Crippen molar-refractivity contribution in [1.82, 2.24) is 19.6 Å². The van der Waals surface area contributed by atoms with Crippen molar-refractivity contribution in [1.29, 1.82) is 0 Å². The van der Waals surface area contributed by atoms with E-state index in [4.69, 9.17) is 0 Å². The van der Waals surface area contributed by atoms with Crippen molar-refractivity contribution in [2.75, 3.05) is 38.5 Å². The van der Waals surface area contributed by atoms with E-state index in [0.29, 0.717) is 5.82 Å². The fourth-order valence-electron chi connectivity index (χ4n) is 2.89. The Hall–Kier alpha value is -2.18. The summed E-state index contributed by atoms with van der Waals surface area (Å²) in [6.07, 6.45) is 1.94. The third-order valence-corrected chi connectivity index (χ3v) is 4.62. The molecule has 0 radical (unpaired) electrons. The molecule has 1 N–H and O–H groups in total.